The Hall–Kier alpha value is -1.56. The van der Waals surface area contributed by atoms with Crippen LogP contribution in [0.5, 0.6) is 0 Å². The molecule has 2 N–H and O–H groups in total. The summed E-state index contributed by atoms with van der Waals surface area (Å²) in [6.07, 6.45) is 3.58. The van der Waals surface area contributed by atoms with E-state index in [0.717, 1.165) is 6.08 Å². The number of rotatable bonds is 2. The Kier molecular flexibility index (Phi) is 2.24. The van der Waals surface area contributed by atoms with Crippen molar-refractivity contribution in [1.82, 2.24) is 5.32 Å². The van der Waals surface area contributed by atoms with Crippen LogP contribution in [0.1, 0.15) is 0 Å². The van der Waals surface area contributed by atoms with Gasteiger partial charge >= 0.3 is 11.0 Å². The van der Waals surface area contributed by atoms with Crippen LogP contribution in [-0.4, -0.2) is 21.0 Å². The fourth-order valence-electron chi connectivity index (χ4n) is 0.849. The second-order valence-corrected chi connectivity index (χ2v) is 2.84. The number of nitrogens with one attached hydrogen (secondary N) is 1. The molecule has 0 aliphatic carbocycles. The molecule has 1 aliphatic rings. The van der Waals surface area contributed by atoms with Crippen molar-refractivity contribution in [3.8, 4) is 0 Å². The van der Waals surface area contributed by atoms with Crippen molar-refractivity contribution in [2.75, 3.05) is 0 Å². The van der Waals surface area contributed by atoms with E-state index in [1.165, 1.54) is 12.3 Å². The van der Waals surface area contributed by atoms with Crippen LogP contribution >= 0.6 is 11.6 Å². The van der Waals surface area contributed by atoms with Gasteiger partial charge in [-0.05, 0) is 12.3 Å². The zero-order valence-corrected chi connectivity index (χ0v) is 6.99. The number of aliphatic carboxylic acids is 1. The lowest BCUT2D eigenvalue weighted by Gasteiger charge is -2.21. The molecule has 0 aromatic rings. The topological polar surface area (TPSA) is 92.5 Å². The molecule has 7 heteroatoms. The number of hydrogen-bond donors (Lipinski definition) is 2. The van der Waals surface area contributed by atoms with Gasteiger partial charge in [0.05, 0.1) is 4.92 Å². The number of dihydropyridines is 1. The third-order valence-electron chi connectivity index (χ3n) is 1.48. The van der Waals surface area contributed by atoms with Crippen molar-refractivity contribution < 1.29 is 14.8 Å². The van der Waals surface area contributed by atoms with Gasteiger partial charge < -0.3 is 10.4 Å². The van der Waals surface area contributed by atoms with Gasteiger partial charge in [0.1, 0.15) is 0 Å². The molecule has 0 bridgehead atoms. The maximum atomic E-state index is 10.6. The minimum absolute atomic E-state index is 0.607. The highest BCUT2D eigenvalue weighted by molar-refractivity contribution is 6.35. The quantitative estimate of drug-likeness (QED) is 0.292. The van der Waals surface area contributed by atoms with E-state index in [9.17, 15) is 14.9 Å². The number of alkyl halides is 1. The second-order valence-electron chi connectivity index (χ2n) is 2.28. The van der Waals surface area contributed by atoms with E-state index in [0.29, 0.717) is 0 Å². The predicted molar refractivity (Wildman–Crippen MR) is 43.6 cm³/mol. The molecule has 70 valence electrons. The van der Waals surface area contributed by atoms with Crippen LogP contribution < -0.4 is 5.32 Å². The SMILES string of the molecule is O=C(O)C1(Cl)NC=CC=C1[N+](=O)[O-]. The van der Waals surface area contributed by atoms with Gasteiger partial charge in [0.15, 0.2) is 0 Å². The van der Waals surface area contributed by atoms with Gasteiger partial charge in [-0.2, -0.15) is 0 Å². The summed E-state index contributed by atoms with van der Waals surface area (Å²) in [5, 5.41) is 21.2. The lowest BCUT2D eigenvalue weighted by Crippen LogP contribution is -2.49. The Labute approximate surface area is 77.6 Å². The van der Waals surface area contributed by atoms with Crippen molar-refractivity contribution >= 4 is 17.6 Å². The maximum Gasteiger partial charge on any atom is 0.356 e. The van der Waals surface area contributed by atoms with E-state index >= 15 is 0 Å². The molecule has 1 rings (SSSR count). The summed E-state index contributed by atoms with van der Waals surface area (Å²) in [5.74, 6) is -1.51. The molecule has 1 heterocycles. The first-order valence-electron chi connectivity index (χ1n) is 3.20. The third-order valence-corrected chi connectivity index (χ3v) is 1.94. The molecule has 6 nitrogen and oxygen atoms in total. The van der Waals surface area contributed by atoms with E-state index < -0.39 is 21.6 Å². The predicted octanol–water partition coefficient (Wildman–Crippen LogP) is 0.284. The number of carbonyl (C=O) groups is 1. The van der Waals surface area contributed by atoms with Crippen LogP contribution in [0.4, 0.5) is 0 Å². The maximum absolute atomic E-state index is 10.6. The molecule has 0 amide bonds. The summed E-state index contributed by atoms with van der Waals surface area (Å²) in [4.78, 5) is 18.0. The number of allylic oxidation sites excluding steroid dienone is 2. The standard InChI is InChI=1S/C6H5ClN2O4/c7-6(5(10)11)4(9(12)13)2-1-3-8-6/h1-3,8H,(H,10,11). The van der Waals surface area contributed by atoms with Crippen molar-refractivity contribution in [3.63, 3.8) is 0 Å². The largest absolute Gasteiger partial charge is 0.478 e. The Morgan fingerprint density at radius 3 is 2.77 bits per heavy atom. The fourth-order valence-corrected chi connectivity index (χ4v) is 1.04. The van der Waals surface area contributed by atoms with Gasteiger partial charge in [-0.25, -0.2) is 4.79 Å². The Balaban J connectivity index is 3.13. The van der Waals surface area contributed by atoms with Crippen molar-refractivity contribution in [3.05, 3.63) is 34.2 Å². The number of hydrogen-bond acceptors (Lipinski definition) is 4. The number of halogens is 1. The highest BCUT2D eigenvalue weighted by Gasteiger charge is 2.48. The van der Waals surface area contributed by atoms with Gasteiger partial charge in [-0.3, -0.25) is 10.1 Å². The van der Waals surface area contributed by atoms with E-state index in [-0.39, 0.29) is 0 Å². The first-order chi connectivity index (χ1) is 5.98. The highest BCUT2D eigenvalue weighted by Crippen LogP contribution is 2.25. The van der Waals surface area contributed by atoms with Crippen molar-refractivity contribution in [1.29, 1.82) is 0 Å². The molecule has 13 heavy (non-hydrogen) atoms. The lowest BCUT2D eigenvalue weighted by atomic mass is 10.1. The summed E-state index contributed by atoms with van der Waals surface area (Å²) in [6, 6.07) is 0. The molecular weight excluding hydrogens is 200 g/mol. The molecule has 0 aromatic heterocycles. The number of nitrogens with zero attached hydrogens (tertiary/aromatic N) is 1. The summed E-state index contributed by atoms with van der Waals surface area (Å²) in [5.41, 5.74) is -0.607. The monoisotopic (exact) mass is 204 g/mol. The average Bonchev–Trinajstić information content (AvgIpc) is 2.04. The van der Waals surface area contributed by atoms with E-state index in [1.807, 2.05) is 0 Å². The molecule has 0 aromatic carbocycles. The minimum Gasteiger partial charge on any atom is -0.478 e. The summed E-state index contributed by atoms with van der Waals surface area (Å²) >= 11 is 5.50. The zero-order chi connectivity index (χ0) is 10.1. The average molecular weight is 205 g/mol. The van der Waals surface area contributed by atoms with Crippen LogP contribution in [0.2, 0.25) is 0 Å². The Morgan fingerprint density at radius 1 is 1.77 bits per heavy atom. The molecule has 1 unspecified atom stereocenters. The van der Waals surface area contributed by atoms with E-state index in [1.54, 1.807) is 0 Å². The van der Waals surface area contributed by atoms with Gasteiger partial charge in [-0.15, -0.1) is 0 Å². The van der Waals surface area contributed by atoms with E-state index in [4.69, 9.17) is 16.7 Å². The molecule has 0 spiro atoms. The van der Waals surface area contributed by atoms with Gasteiger partial charge in [0, 0.05) is 6.08 Å². The van der Waals surface area contributed by atoms with Gasteiger partial charge in [0.25, 0.3) is 5.70 Å². The zero-order valence-electron chi connectivity index (χ0n) is 6.23. The summed E-state index contributed by atoms with van der Waals surface area (Å²) < 4.78 is 0. The number of nitro groups is 1. The molecule has 0 fully saturated rings. The number of carboxylic acid groups (broad SMARTS) is 1. The molecule has 0 saturated heterocycles. The van der Waals surface area contributed by atoms with Crippen LogP contribution in [-0.2, 0) is 4.79 Å². The van der Waals surface area contributed by atoms with Crippen LogP contribution in [0.25, 0.3) is 0 Å². The van der Waals surface area contributed by atoms with Gasteiger partial charge in [-0.1, -0.05) is 11.6 Å². The number of carboxylic acids is 1. The van der Waals surface area contributed by atoms with Crippen LogP contribution in [0, 0.1) is 10.1 Å². The molecular formula is C6H5ClN2O4. The normalized spacial score (nSPS) is 26.1. The van der Waals surface area contributed by atoms with Gasteiger partial charge in [0.2, 0.25) is 0 Å². The Morgan fingerprint density at radius 2 is 2.38 bits per heavy atom. The second kappa shape index (κ2) is 3.06. The lowest BCUT2D eigenvalue weighted by molar-refractivity contribution is -0.431. The molecule has 0 radical (unpaired) electrons. The summed E-state index contributed by atoms with van der Waals surface area (Å²) in [7, 11) is 0. The van der Waals surface area contributed by atoms with E-state index in [2.05, 4.69) is 5.32 Å². The third kappa shape index (κ3) is 1.48. The highest BCUT2D eigenvalue weighted by atomic mass is 35.5. The summed E-state index contributed by atoms with van der Waals surface area (Å²) in [6.45, 7) is 0. The first kappa shape index (κ1) is 9.53. The molecule has 1 aliphatic heterocycles. The van der Waals surface area contributed by atoms with Crippen LogP contribution in [0.3, 0.4) is 0 Å². The minimum atomic E-state index is -2.17. The smallest absolute Gasteiger partial charge is 0.356 e. The Bertz CT molecular complexity index is 325. The van der Waals surface area contributed by atoms with Crippen molar-refractivity contribution in [2.45, 2.75) is 5.00 Å². The first-order valence-corrected chi connectivity index (χ1v) is 3.58. The fraction of sp³-hybridized carbons (Fsp3) is 0.167. The molecule has 1 atom stereocenters. The van der Waals surface area contributed by atoms with Crippen molar-refractivity contribution in [2.24, 2.45) is 0 Å². The molecule has 0 saturated carbocycles. The van der Waals surface area contributed by atoms with Crippen LogP contribution in [0.15, 0.2) is 24.0 Å².